The van der Waals surface area contributed by atoms with Crippen LogP contribution in [0.2, 0.25) is 5.02 Å². The quantitative estimate of drug-likeness (QED) is 0.719. The van der Waals surface area contributed by atoms with Gasteiger partial charge in [0.15, 0.2) is 5.82 Å². The monoisotopic (exact) mass is 408 g/mol. The molecule has 7 heteroatoms. The van der Waals surface area contributed by atoms with E-state index in [1.807, 2.05) is 47.9 Å². The van der Waals surface area contributed by atoms with Crippen LogP contribution >= 0.6 is 11.6 Å². The molecule has 0 saturated heterocycles. The van der Waals surface area contributed by atoms with Crippen molar-refractivity contribution in [1.29, 1.82) is 0 Å². The Hall–Kier alpha value is -2.86. The highest BCUT2D eigenvalue weighted by Crippen LogP contribution is 2.39. The second-order valence-corrected chi connectivity index (χ2v) is 8.44. The predicted octanol–water partition coefficient (Wildman–Crippen LogP) is 3.38. The highest BCUT2D eigenvalue weighted by molar-refractivity contribution is 6.30. The Bertz CT molecular complexity index is 1120. The molecule has 6 nitrogen and oxygen atoms in total. The first-order chi connectivity index (χ1) is 14.0. The molecule has 2 amide bonds. The van der Waals surface area contributed by atoms with Crippen molar-refractivity contribution < 1.29 is 9.59 Å². The van der Waals surface area contributed by atoms with Gasteiger partial charge in [0.05, 0.1) is 17.6 Å². The fourth-order valence-corrected chi connectivity index (χ4v) is 4.30. The number of hydrogen-bond donors (Lipinski definition) is 1. The summed E-state index contributed by atoms with van der Waals surface area (Å²) in [5, 5.41) is 3.68. The Balaban J connectivity index is 1.48. The molecule has 1 aliphatic heterocycles. The van der Waals surface area contributed by atoms with Crippen LogP contribution in [0.1, 0.15) is 35.9 Å². The third-order valence-electron chi connectivity index (χ3n) is 5.83. The van der Waals surface area contributed by atoms with Gasteiger partial charge in [0.2, 0.25) is 5.91 Å². The van der Waals surface area contributed by atoms with E-state index in [9.17, 15) is 9.59 Å². The molecule has 0 bridgehead atoms. The van der Waals surface area contributed by atoms with E-state index < -0.39 is 5.54 Å². The van der Waals surface area contributed by atoms with E-state index in [1.165, 1.54) is 0 Å². The molecule has 148 valence electrons. The summed E-state index contributed by atoms with van der Waals surface area (Å²) in [6, 6.07) is 15.1. The molecule has 29 heavy (non-hydrogen) atoms. The summed E-state index contributed by atoms with van der Waals surface area (Å²) in [5.74, 6) is 0.0938. The minimum Gasteiger partial charge on any atom is -0.350 e. The first-order valence-corrected chi connectivity index (χ1v) is 10.2. The molecule has 2 aliphatic rings. The van der Waals surface area contributed by atoms with E-state index in [1.54, 1.807) is 17.0 Å². The second kappa shape index (κ2) is 6.59. The van der Waals surface area contributed by atoms with E-state index in [4.69, 9.17) is 11.6 Å². The molecule has 1 N–H and O–H groups in total. The van der Waals surface area contributed by atoms with Crippen molar-refractivity contribution in [3.63, 3.8) is 0 Å². The number of carbonyl (C=O) groups excluding carboxylic acids is 2. The van der Waals surface area contributed by atoms with Crippen LogP contribution < -0.4 is 5.32 Å². The van der Waals surface area contributed by atoms with E-state index >= 15 is 0 Å². The van der Waals surface area contributed by atoms with Gasteiger partial charge in [-0.05, 0) is 49.6 Å². The number of amides is 2. The van der Waals surface area contributed by atoms with Crippen molar-refractivity contribution in [2.45, 2.75) is 44.4 Å². The van der Waals surface area contributed by atoms with Gasteiger partial charge < -0.3 is 14.8 Å². The van der Waals surface area contributed by atoms with Crippen molar-refractivity contribution in [3.05, 3.63) is 64.9 Å². The summed E-state index contributed by atoms with van der Waals surface area (Å²) in [4.78, 5) is 33.0. The van der Waals surface area contributed by atoms with Crippen LogP contribution in [-0.4, -0.2) is 37.8 Å². The van der Waals surface area contributed by atoms with Crippen LogP contribution in [0.15, 0.2) is 48.5 Å². The lowest BCUT2D eigenvalue weighted by Gasteiger charge is -2.43. The third-order valence-corrected chi connectivity index (χ3v) is 6.08. The number of nitrogens with one attached hydrogen (secondary N) is 1. The SMILES string of the molecule is C[C@@]1(C(=O)NCc2ccc(Cl)cc2)Cn2c(nc3ccccc32)C(=O)N1C1CC1. The average Bonchev–Trinajstić information content (AvgIpc) is 3.48. The lowest BCUT2D eigenvalue weighted by molar-refractivity contribution is -0.133. The van der Waals surface area contributed by atoms with Crippen molar-refractivity contribution in [3.8, 4) is 0 Å². The summed E-state index contributed by atoms with van der Waals surface area (Å²) < 4.78 is 1.89. The Labute approximate surface area is 173 Å². The van der Waals surface area contributed by atoms with Crippen LogP contribution in [-0.2, 0) is 17.9 Å². The lowest BCUT2D eigenvalue weighted by atomic mass is 9.94. The van der Waals surface area contributed by atoms with Crippen LogP contribution in [0, 0.1) is 0 Å². The van der Waals surface area contributed by atoms with E-state index in [-0.39, 0.29) is 17.9 Å². The summed E-state index contributed by atoms with van der Waals surface area (Å²) in [5.41, 5.74) is 1.64. The minimum absolute atomic E-state index is 0.0994. The normalized spacial score (nSPS) is 21.3. The van der Waals surface area contributed by atoms with Crippen LogP contribution in [0.5, 0.6) is 0 Å². The molecule has 0 radical (unpaired) electrons. The minimum atomic E-state index is -0.971. The zero-order valence-corrected chi connectivity index (χ0v) is 16.8. The number of nitrogens with zero attached hydrogens (tertiary/aromatic N) is 3. The number of fused-ring (bicyclic) bond motifs is 3. The van der Waals surface area contributed by atoms with Crippen molar-refractivity contribution >= 4 is 34.4 Å². The summed E-state index contributed by atoms with van der Waals surface area (Å²) in [6.07, 6.45) is 1.85. The van der Waals surface area contributed by atoms with Gasteiger partial charge >= 0.3 is 0 Å². The number of halogens is 1. The van der Waals surface area contributed by atoms with Crippen molar-refractivity contribution in [1.82, 2.24) is 19.8 Å². The highest BCUT2D eigenvalue weighted by Gasteiger charge is 2.53. The fraction of sp³-hybridized carbons (Fsp3) is 0.318. The molecule has 1 aliphatic carbocycles. The summed E-state index contributed by atoms with van der Waals surface area (Å²) in [7, 11) is 0. The zero-order valence-electron chi connectivity index (χ0n) is 16.1. The van der Waals surface area contributed by atoms with Crippen LogP contribution in [0.25, 0.3) is 11.0 Å². The third kappa shape index (κ3) is 2.99. The molecule has 3 aromatic rings. The molecule has 2 heterocycles. The first kappa shape index (κ1) is 18.2. The van der Waals surface area contributed by atoms with E-state index in [2.05, 4.69) is 10.3 Å². The van der Waals surface area contributed by atoms with E-state index in [0.717, 1.165) is 29.4 Å². The average molecular weight is 409 g/mol. The molecular formula is C22H21ClN4O2. The molecule has 5 rings (SSSR count). The van der Waals surface area contributed by atoms with E-state index in [0.29, 0.717) is 23.9 Å². The summed E-state index contributed by atoms with van der Waals surface area (Å²) >= 11 is 5.94. The maximum Gasteiger partial charge on any atom is 0.291 e. The van der Waals surface area contributed by atoms with Crippen LogP contribution in [0.3, 0.4) is 0 Å². The van der Waals surface area contributed by atoms with Gasteiger partial charge in [-0.3, -0.25) is 9.59 Å². The number of carbonyl (C=O) groups is 2. The number of rotatable bonds is 4. The smallest absolute Gasteiger partial charge is 0.291 e. The van der Waals surface area contributed by atoms with Gasteiger partial charge in [0, 0.05) is 17.6 Å². The maximum absolute atomic E-state index is 13.4. The second-order valence-electron chi connectivity index (χ2n) is 8.00. The molecule has 0 unspecified atom stereocenters. The molecule has 1 fully saturated rings. The molecule has 1 saturated carbocycles. The molecular weight excluding hydrogens is 388 g/mol. The molecule has 2 aromatic carbocycles. The number of aromatic nitrogens is 2. The first-order valence-electron chi connectivity index (χ1n) is 9.79. The number of para-hydroxylation sites is 2. The van der Waals surface area contributed by atoms with Gasteiger partial charge in [-0.15, -0.1) is 0 Å². The van der Waals surface area contributed by atoms with Gasteiger partial charge in [-0.1, -0.05) is 35.9 Å². The van der Waals surface area contributed by atoms with Gasteiger partial charge in [-0.25, -0.2) is 4.98 Å². The van der Waals surface area contributed by atoms with Gasteiger partial charge in [0.1, 0.15) is 5.54 Å². The Morgan fingerprint density at radius 1 is 1.21 bits per heavy atom. The maximum atomic E-state index is 13.4. The fourth-order valence-electron chi connectivity index (χ4n) is 4.17. The number of hydrogen-bond acceptors (Lipinski definition) is 3. The Kier molecular flexibility index (Phi) is 4.13. The Morgan fingerprint density at radius 3 is 2.66 bits per heavy atom. The largest absolute Gasteiger partial charge is 0.350 e. The van der Waals surface area contributed by atoms with Crippen LogP contribution in [0.4, 0.5) is 0 Å². The molecule has 0 spiro atoms. The predicted molar refractivity (Wildman–Crippen MR) is 111 cm³/mol. The molecule has 1 aromatic heterocycles. The highest BCUT2D eigenvalue weighted by atomic mass is 35.5. The number of imidazole rings is 1. The Morgan fingerprint density at radius 2 is 1.93 bits per heavy atom. The zero-order chi connectivity index (χ0) is 20.2. The van der Waals surface area contributed by atoms with Gasteiger partial charge in [-0.2, -0.15) is 0 Å². The number of benzene rings is 2. The standard InChI is InChI=1S/C22H21ClN4O2/c1-22(21(29)24-12-14-6-8-15(23)9-7-14)13-26-18-5-3-2-4-17(18)25-19(26)20(28)27(22)16-10-11-16/h2-9,16H,10-13H2,1H3,(H,24,29)/t22-/m0/s1. The van der Waals surface area contributed by atoms with Gasteiger partial charge in [0.25, 0.3) is 5.91 Å². The topological polar surface area (TPSA) is 67.2 Å². The lowest BCUT2D eigenvalue weighted by Crippen LogP contribution is -2.64. The summed E-state index contributed by atoms with van der Waals surface area (Å²) in [6.45, 7) is 2.63. The van der Waals surface area contributed by atoms with Crippen molar-refractivity contribution in [2.24, 2.45) is 0 Å². The molecule has 1 atom stereocenters. The van der Waals surface area contributed by atoms with Crippen molar-refractivity contribution in [2.75, 3.05) is 0 Å².